The van der Waals surface area contributed by atoms with E-state index < -0.39 is 34.9 Å². The Labute approximate surface area is 142 Å². The summed E-state index contributed by atoms with van der Waals surface area (Å²) in [5.74, 6) is -2.90. The van der Waals surface area contributed by atoms with Crippen LogP contribution in [0.2, 0.25) is 0 Å². The molecule has 1 aromatic carbocycles. The molecule has 5 nitrogen and oxygen atoms in total. The Hall–Kier alpha value is -1.54. The lowest BCUT2D eigenvalue weighted by Gasteiger charge is -2.25. The van der Waals surface area contributed by atoms with Crippen molar-refractivity contribution in [3.05, 3.63) is 35.4 Å². The first-order chi connectivity index (χ1) is 11.0. The molecule has 0 aliphatic carbocycles. The van der Waals surface area contributed by atoms with Gasteiger partial charge in [-0.25, -0.2) is 17.8 Å². The van der Waals surface area contributed by atoms with E-state index in [0.29, 0.717) is 6.42 Å². The second-order valence-electron chi connectivity index (χ2n) is 6.75. The van der Waals surface area contributed by atoms with E-state index in [4.69, 9.17) is 8.92 Å². The Morgan fingerprint density at radius 1 is 1.29 bits per heavy atom. The van der Waals surface area contributed by atoms with Crippen molar-refractivity contribution in [2.45, 2.75) is 51.7 Å². The molecule has 134 valence electrons. The highest BCUT2D eigenvalue weighted by Gasteiger charge is 2.39. The lowest BCUT2D eigenvalue weighted by atomic mass is 10.0. The fraction of sp³-hybridized carbons (Fsp3) is 0.562. The Kier molecular flexibility index (Phi) is 5.29. The van der Waals surface area contributed by atoms with Crippen molar-refractivity contribution in [2.24, 2.45) is 0 Å². The Morgan fingerprint density at radius 3 is 2.38 bits per heavy atom. The van der Waals surface area contributed by atoms with Crippen LogP contribution in [-0.4, -0.2) is 32.9 Å². The molecule has 0 unspecified atom stereocenters. The summed E-state index contributed by atoms with van der Waals surface area (Å²) in [5.41, 5.74) is -0.0615. The van der Waals surface area contributed by atoms with Crippen LogP contribution in [0.25, 0.3) is 0 Å². The van der Waals surface area contributed by atoms with E-state index in [9.17, 15) is 17.8 Å². The highest BCUT2D eigenvalue weighted by Crippen LogP contribution is 2.28. The van der Waals surface area contributed by atoms with Gasteiger partial charge in [-0.05, 0) is 32.8 Å². The molecule has 2 rings (SSSR count). The van der Waals surface area contributed by atoms with Crippen LogP contribution in [0.1, 0.15) is 38.8 Å². The van der Waals surface area contributed by atoms with Crippen LogP contribution in [-0.2, 0) is 32.5 Å². The summed E-state index contributed by atoms with van der Waals surface area (Å²) in [6.07, 6.45) is -0.388. The first-order valence-electron chi connectivity index (χ1n) is 7.52. The molecule has 1 aromatic rings. The van der Waals surface area contributed by atoms with Crippen molar-refractivity contribution < 1.29 is 26.7 Å². The molecule has 0 saturated carbocycles. The molecule has 1 amide bonds. The summed E-state index contributed by atoms with van der Waals surface area (Å²) in [6, 6.07) is 5.36. The van der Waals surface area contributed by atoms with Gasteiger partial charge in [0.2, 0.25) is 0 Å². The van der Waals surface area contributed by atoms with Gasteiger partial charge in [0.15, 0.2) is 0 Å². The number of benzene rings is 1. The zero-order chi connectivity index (χ0) is 18.1. The number of hydrogen-bond donors (Lipinski definition) is 0. The predicted octanol–water partition coefficient (Wildman–Crippen LogP) is 3.56. The van der Waals surface area contributed by atoms with Crippen molar-refractivity contribution in [3.63, 3.8) is 0 Å². The topological polar surface area (TPSA) is 55.8 Å². The molecule has 1 saturated heterocycles. The van der Waals surface area contributed by atoms with Gasteiger partial charge >= 0.3 is 6.09 Å². The van der Waals surface area contributed by atoms with Crippen LogP contribution in [0.5, 0.6) is 0 Å². The first kappa shape index (κ1) is 18.8. The monoisotopic (exact) mass is 361 g/mol. The highest BCUT2D eigenvalue weighted by atomic mass is 32.2. The van der Waals surface area contributed by atoms with Gasteiger partial charge in [-0.3, -0.25) is 4.18 Å². The third kappa shape index (κ3) is 4.73. The number of rotatable bonds is 3. The Bertz CT molecular complexity index is 622. The molecule has 1 aliphatic heterocycles. The van der Waals surface area contributed by atoms with E-state index in [0.717, 1.165) is 16.8 Å². The van der Waals surface area contributed by atoms with Gasteiger partial charge in [-0.15, -0.1) is 0 Å². The van der Waals surface area contributed by atoms with Gasteiger partial charge in [0, 0.05) is 12.5 Å². The Balaban J connectivity index is 2.10. The zero-order valence-corrected chi connectivity index (χ0v) is 14.9. The SMILES string of the molecule is CC(C)(C)OC(=O)N1[C@@H](Cc2ccc(C(C)(F)F)cc2)CO[S@]1=O. The number of carbonyl (C=O) groups excluding carboxylic acids is 1. The molecule has 0 aromatic heterocycles. The summed E-state index contributed by atoms with van der Waals surface area (Å²) in [6.45, 7) is 6.06. The number of halogens is 2. The van der Waals surface area contributed by atoms with Gasteiger partial charge in [0.25, 0.3) is 17.2 Å². The highest BCUT2D eigenvalue weighted by molar-refractivity contribution is 7.78. The van der Waals surface area contributed by atoms with Crippen LogP contribution in [0.15, 0.2) is 24.3 Å². The number of carbonyl (C=O) groups is 1. The number of amides is 1. The fourth-order valence-corrected chi connectivity index (χ4v) is 3.17. The standard InChI is InChI=1S/C16H21F2NO4S/c1-15(2,3)23-14(20)19-13(10-22-24(19)21)9-11-5-7-12(8-6-11)16(4,17)18/h5-8,13H,9-10H2,1-4H3/t13-,24+/m0/s1. The minimum atomic E-state index is -2.90. The summed E-state index contributed by atoms with van der Waals surface area (Å²) in [5, 5.41) is 0. The summed E-state index contributed by atoms with van der Waals surface area (Å²) < 4.78 is 49.7. The third-order valence-electron chi connectivity index (χ3n) is 3.36. The summed E-state index contributed by atoms with van der Waals surface area (Å²) >= 11 is -1.91. The molecule has 0 radical (unpaired) electrons. The summed E-state index contributed by atoms with van der Waals surface area (Å²) in [4.78, 5) is 12.2. The second-order valence-corrected chi connectivity index (χ2v) is 7.81. The van der Waals surface area contributed by atoms with Gasteiger partial charge in [-0.2, -0.15) is 4.31 Å². The minimum Gasteiger partial charge on any atom is -0.443 e. The van der Waals surface area contributed by atoms with Gasteiger partial charge in [-0.1, -0.05) is 24.3 Å². The molecule has 1 aliphatic rings. The number of alkyl halides is 2. The lowest BCUT2D eigenvalue weighted by Crippen LogP contribution is -2.41. The zero-order valence-electron chi connectivity index (χ0n) is 14.0. The second kappa shape index (κ2) is 6.76. The van der Waals surface area contributed by atoms with Gasteiger partial charge < -0.3 is 4.74 Å². The van der Waals surface area contributed by atoms with E-state index in [-0.39, 0.29) is 12.2 Å². The summed E-state index contributed by atoms with van der Waals surface area (Å²) in [7, 11) is 0. The number of hydrogen-bond acceptors (Lipinski definition) is 4. The normalized spacial score (nSPS) is 21.8. The minimum absolute atomic E-state index is 0.0819. The van der Waals surface area contributed by atoms with E-state index in [2.05, 4.69) is 0 Å². The smallest absolute Gasteiger partial charge is 0.424 e. The van der Waals surface area contributed by atoms with Crippen LogP contribution < -0.4 is 0 Å². The predicted molar refractivity (Wildman–Crippen MR) is 85.7 cm³/mol. The van der Waals surface area contributed by atoms with Crippen molar-refractivity contribution in [3.8, 4) is 0 Å². The van der Waals surface area contributed by atoms with Crippen LogP contribution in [0.4, 0.5) is 13.6 Å². The lowest BCUT2D eigenvalue weighted by molar-refractivity contribution is 0.0174. The molecule has 1 fully saturated rings. The fourth-order valence-electron chi connectivity index (χ4n) is 2.25. The first-order valence-corrected chi connectivity index (χ1v) is 8.55. The molecular weight excluding hydrogens is 340 g/mol. The third-order valence-corrected chi connectivity index (χ3v) is 4.47. The van der Waals surface area contributed by atoms with Crippen molar-refractivity contribution in [2.75, 3.05) is 6.61 Å². The van der Waals surface area contributed by atoms with E-state index in [1.807, 2.05) is 0 Å². The van der Waals surface area contributed by atoms with Crippen molar-refractivity contribution in [1.82, 2.24) is 4.31 Å². The molecule has 0 spiro atoms. The van der Waals surface area contributed by atoms with Gasteiger partial charge in [0.05, 0.1) is 12.6 Å². The quantitative estimate of drug-likeness (QED) is 0.826. The molecule has 1 heterocycles. The Morgan fingerprint density at radius 2 is 1.88 bits per heavy atom. The molecule has 8 heteroatoms. The van der Waals surface area contributed by atoms with Crippen LogP contribution >= 0.6 is 0 Å². The molecule has 24 heavy (non-hydrogen) atoms. The number of ether oxygens (including phenoxy) is 1. The van der Waals surface area contributed by atoms with Crippen LogP contribution in [0.3, 0.4) is 0 Å². The largest absolute Gasteiger partial charge is 0.443 e. The molecule has 2 atom stereocenters. The maximum absolute atomic E-state index is 13.2. The number of nitrogens with zero attached hydrogens (tertiary/aromatic N) is 1. The average Bonchev–Trinajstić information content (AvgIpc) is 2.77. The average molecular weight is 361 g/mol. The van der Waals surface area contributed by atoms with E-state index >= 15 is 0 Å². The van der Waals surface area contributed by atoms with Crippen LogP contribution in [0, 0.1) is 0 Å². The van der Waals surface area contributed by atoms with E-state index in [1.54, 1.807) is 32.9 Å². The van der Waals surface area contributed by atoms with Gasteiger partial charge in [0.1, 0.15) is 5.60 Å². The maximum atomic E-state index is 13.2. The molecular formula is C16H21F2NO4S. The van der Waals surface area contributed by atoms with Crippen molar-refractivity contribution in [1.29, 1.82) is 0 Å². The molecule has 0 bridgehead atoms. The molecule has 0 N–H and O–H groups in total. The van der Waals surface area contributed by atoms with Crippen molar-refractivity contribution >= 4 is 17.4 Å². The maximum Gasteiger partial charge on any atom is 0.424 e. The van der Waals surface area contributed by atoms with E-state index in [1.165, 1.54) is 12.1 Å².